The van der Waals surface area contributed by atoms with Crippen molar-refractivity contribution in [2.45, 2.75) is 19.8 Å². The zero-order valence-corrected chi connectivity index (χ0v) is 24.3. The van der Waals surface area contributed by atoms with Crippen molar-refractivity contribution in [1.29, 1.82) is 0 Å². The van der Waals surface area contributed by atoms with E-state index in [0.29, 0.717) is 30.8 Å². The lowest BCUT2D eigenvalue weighted by molar-refractivity contribution is 0.0632. The molecule has 1 saturated heterocycles. The summed E-state index contributed by atoms with van der Waals surface area (Å²) in [5.41, 5.74) is 2.17. The first-order chi connectivity index (χ1) is 19.6. The molecule has 9 nitrogen and oxygen atoms in total. The normalized spacial score (nSPS) is 14.0. The van der Waals surface area contributed by atoms with Gasteiger partial charge in [-0.3, -0.25) is 14.5 Å². The molecule has 0 unspecified atom stereocenters. The third kappa shape index (κ3) is 6.74. The second kappa shape index (κ2) is 13.2. The number of aryl methyl sites for hydroxylation is 1. The quantitative estimate of drug-likeness (QED) is 0.400. The number of halogens is 2. The number of ether oxygens (including phenoxy) is 1. The molecule has 0 radical (unpaired) electrons. The van der Waals surface area contributed by atoms with Crippen LogP contribution in [-0.2, 0) is 13.5 Å². The molecule has 2 heterocycles. The molecule has 1 aromatic heterocycles. The third-order valence-corrected chi connectivity index (χ3v) is 7.45. The Morgan fingerprint density at radius 1 is 1.07 bits per heavy atom. The number of piperazine rings is 1. The van der Waals surface area contributed by atoms with Crippen LogP contribution in [0.4, 0.5) is 14.5 Å². The molecular weight excluding hydrogens is 530 g/mol. The highest BCUT2D eigenvalue weighted by Gasteiger charge is 2.25. The molecule has 0 atom stereocenters. The minimum atomic E-state index is -1.11. The molecule has 1 N–H and O–H groups in total. The van der Waals surface area contributed by atoms with Crippen LogP contribution in [0.1, 0.15) is 39.9 Å². The zero-order valence-electron chi connectivity index (χ0n) is 24.3. The maximum absolute atomic E-state index is 14.7. The van der Waals surface area contributed by atoms with Gasteiger partial charge in [0.05, 0.1) is 19.0 Å². The number of amides is 2. The molecule has 0 aliphatic carbocycles. The number of hydrogen-bond donors (Lipinski definition) is 1. The van der Waals surface area contributed by atoms with E-state index in [2.05, 4.69) is 34.2 Å². The molecule has 11 heteroatoms. The maximum atomic E-state index is 14.7. The highest BCUT2D eigenvalue weighted by molar-refractivity contribution is 6.03. The van der Waals surface area contributed by atoms with Crippen molar-refractivity contribution in [2.24, 2.45) is 7.05 Å². The largest absolute Gasteiger partial charge is 0.494 e. The van der Waals surface area contributed by atoms with E-state index in [1.54, 1.807) is 25.2 Å². The van der Waals surface area contributed by atoms with Crippen molar-refractivity contribution in [3.8, 4) is 17.0 Å². The molecule has 41 heavy (non-hydrogen) atoms. The van der Waals surface area contributed by atoms with Crippen LogP contribution >= 0.6 is 0 Å². The smallest absolute Gasteiger partial charge is 0.291 e. The van der Waals surface area contributed by atoms with E-state index >= 15 is 0 Å². The second-order valence-electron chi connectivity index (χ2n) is 10.4. The standard InChI is InChI=1S/C30H38F2N6O3/c1-6-20-18-21(8-9-22(20)30(40)38-16-14-37(15-17-38)13-7-12-35(2)3)34-29(39)28-33-19-24(36(28)4)23-10-11-25(41-5)27(32)26(23)31/h8-11,18-19H,6-7,12-17H2,1-5H3,(H,34,39). The average molecular weight is 569 g/mol. The number of nitrogens with zero attached hydrogens (tertiary/aromatic N) is 5. The summed E-state index contributed by atoms with van der Waals surface area (Å²) in [6.07, 6.45) is 3.04. The molecule has 0 bridgehead atoms. The number of rotatable bonds is 10. The van der Waals surface area contributed by atoms with E-state index in [1.807, 2.05) is 11.8 Å². The van der Waals surface area contributed by atoms with E-state index in [4.69, 9.17) is 4.74 Å². The molecule has 0 spiro atoms. The van der Waals surface area contributed by atoms with Crippen LogP contribution in [0.25, 0.3) is 11.3 Å². The number of aromatic nitrogens is 2. The van der Waals surface area contributed by atoms with Crippen LogP contribution in [0.5, 0.6) is 5.75 Å². The average Bonchev–Trinajstić information content (AvgIpc) is 3.35. The van der Waals surface area contributed by atoms with Crippen molar-refractivity contribution in [1.82, 2.24) is 24.3 Å². The van der Waals surface area contributed by atoms with Gasteiger partial charge in [0, 0.05) is 50.0 Å². The van der Waals surface area contributed by atoms with Crippen molar-refractivity contribution in [2.75, 3.05) is 65.8 Å². The molecule has 1 fully saturated rings. The molecule has 2 amide bonds. The van der Waals surface area contributed by atoms with Gasteiger partial charge in [-0.15, -0.1) is 0 Å². The van der Waals surface area contributed by atoms with Gasteiger partial charge in [-0.25, -0.2) is 9.37 Å². The summed E-state index contributed by atoms with van der Waals surface area (Å²) in [4.78, 5) is 37.0. The maximum Gasteiger partial charge on any atom is 0.291 e. The summed E-state index contributed by atoms with van der Waals surface area (Å²) < 4.78 is 35.1. The molecule has 0 saturated carbocycles. The first kappa shape index (κ1) is 30.1. The fourth-order valence-electron chi connectivity index (χ4n) is 5.07. The van der Waals surface area contributed by atoms with Crippen molar-refractivity contribution >= 4 is 17.5 Å². The van der Waals surface area contributed by atoms with E-state index in [1.165, 1.54) is 30.0 Å². The predicted octanol–water partition coefficient (Wildman–Crippen LogP) is 3.90. The number of imidazole rings is 1. The Balaban J connectivity index is 1.43. The lowest BCUT2D eigenvalue weighted by Gasteiger charge is -2.35. The topological polar surface area (TPSA) is 82.9 Å². The zero-order chi connectivity index (χ0) is 29.7. The number of methoxy groups -OCH3 is 1. The lowest BCUT2D eigenvalue weighted by atomic mass is 10.0. The first-order valence-corrected chi connectivity index (χ1v) is 13.8. The number of nitrogens with one attached hydrogen (secondary N) is 1. The second-order valence-corrected chi connectivity index (χ2v) is 10.4. The van der Waals surface area contributed by atoms with Crippen LogP contribution in [0.3, 0.4) is 0 Å². The first-order valence-electron chi connectivity index (χ1n) is 13.8. The van der Waals surface area contributed by atoms with Gasteiger partial charge in [0.25, 0.3) is 11.8 Å². The summed E-state index contributed by atoms with van der Waals surface area (Å²) in [7, 11) is 6.96. The van der Waals surface area contributed by atoms with Gasteiger partial charge in [-0.1, -0.05) is 6.92 Å². The Hall–Kier alpha value is -3.83. The summed E-state index contributed by atoms with van der Waals surface area (Å²) in [5, 5.41) is 2.82. The fourth-order valence-corrected chi connectivity index (χ4v) is 5.07. The molecule has 1 aliphatic heterocycles. The van der Waals surface area contributed by atoms with Crippen molar-refractivity contribution < 1.29 is 23.1 Å². The van der Waals surface area contributed by atoms with E-state index in [-0.39, 0.29) is 28.7 Å². The number of anilines is 1. The van der Waals surface area contributed by atoms with E-state index < -0.39 is 17.5 Å². The van der Waals surface area contributed by atoms with Gasteiger partial charge < -0.3 is 24.4 Å². The summed E-state index contributed by atoms with van der Waals surface area (Å²) in [6, 6.07) is 7.95. The van der Waals surface area contributed by atoms with Gasteiger partial charge >= 0.3 is 0 Å². The van der Waals surface area contributed by atoms with Gasteiger partial charge in [-0.05, 0) is 75.9 Å². The number of benzene rings is 2. The fraction of sp³-hybridized carbons (Fsp3) is 0.433. The predicted molar refractivity (Wildman–Crippen MR) is 154 cm³/mol. The minimum absolute atomic E-state index is 0.00448. The highest BCUT2D eigenvalue weighted by Crippen LogP contribution is 2.30. The van der Waals surface area contributed by atoms with Gasteiger partial charge in [-0.2, -0.15) is 4.39 Å². The van der Waals surface area contributed by atoms with Crippen LogP contribution in [0.2, 0.25) is 0 Å². The lowest BCUT2D eigenvalue weighted by Crippen LogP contribution is -2.49. The van der Waals surface area contributed by atoms with E-state index in [9.17, 15) is 18.4 Å². The molecule has 220 valence electrons. The highest BCUT2D eigenvalue weighted by atomic mass is 19.2. The van der Waals surface area contributed by atoms with Gasteiger partial charge in [0.2, 0.25) is 5.82 Å². The SMILES string of the molecule is CCc1cc(NC(=O)c2ncc(-c3ccc(OC)c(F)c3F)n2C)ccc1C(=O)N1CCN(CCCN(C)C)CC1. The Morgan fingerprint density at radius 2 is 1.80 bits per heavy atom. The van der Waals surface area contributed by atoms with E-state index in [0.717, 1.165) is 38.2 Å². The molecule has 3 aromatic rings. The van der Waals surface area contributed by atoms with Crippen molar-refractivity contribution in [3.05, 3.63) is 65.1 Å². The van der Waals surface area contributed by atoms with Crippen LogP contribution in [-0.4, -0.2) is 96.5 Å². The Morgan fingerprint density at radius 3 is 2.46 bits per heavy atom. The van der Waals surface area contributed by atoms with Gasteiger partial charge in [0.15, 0.2) is 17.4 Å². The minimum Gasteiger partial charge on any atom is -0.494 e. The summed E-state index contributed by atoms with van der Waals surface area (Å²) in [5.74, 6) is -2.90. The number of carbonyl (C=O) groups excluding carboxylic acids is 2. The molecular formula is C30H38F2N6O3. The third-order valence-electron chi connectivity index (χ3n) is 7.45. The van der Waals surface area contributed by atoms with Crippen molar-refractivity contribution in [3.63, 3.8) is 0 Å². The summed E-state index contributed by atoms with van der Waals surface area (Å²) in [6.45, 7) is 7.11. The van der Waals surface area contributed by atoms with Crippen LogP contribution in [0, 0.1) is 11.6 Å². The van der Waals surface area contributed by atoms with Crippen LogP contribution in [0.15, 0.2) is 36.5 Å². The Kier molecular flexibility index (Phi) is 9.72. The van der Waals surface area contributed by atoms with Gasteiger partial charge in [0.1, 0.15) is 0 Å². The molecule has 4 rings (SSSR count). The number of hydrogen-bond acceptors (Lipinski definition) is 6. The molecule has 1 aliphatic rings. The summed E-state index contributed by atoms with van der Waals surface area (Å²) >= 11 is 0. The molecule has 2 aromatic carbocycles. The Bertz CT molecular complexity index is 1400. The van der Waals surface area contributed by atoms with Crippen LogP contribution < -0.4 is 10.1 Å². The Labute approximate surface area is 239 Å². The monoisotopic (exact) mass is 568 g/mol. The number of carbonyl (C=O) groups is 2.